The van der Waals surface area contributed by atoms with E-state index in [9.17, 15) is 9.59 Å². The van der Waals surface area contributed by atoms with E-state index in [1.807, 2.05) is 24.3 Å². The van der Waals surface area contributed by atoms with Gasteiger partial charge in [-0.1, -0.05) is 24.3 Å². The zero-order chi connectivity index (χ0) is 16.2. The number of carbonyl (C=O) groups is 2. The van der Waals surface area contributed by atoms with Crippen molar-refractivity contribution in [3.8, 4) is 0 Å². The van der Waals surface area contributed by atoms with Gasteiger partial charge in [0.25, 0.3) is 0 Å². The van der Waals surface area contributed by atoms with E-state index in [1.165, 1.54) is 6.07 Å². The van der Waals surface area contributed by atoms with E-state index >= 15 is 0 Å². The molecule has 0 bridgehead atoms. The SMILES string of the molecule is O=C(Cc1nc2ccccc2[nH]1)NCc1cccc(C(=O)O)c1. The first-order valence-electron chi connectivity index (χ1n) is 7.14. The minimum Gasteiger partial charge on any atom is -0.478 e. The highest BCUT2D eigenvalue weighted by atomic mass is 16.4. The molecule has 116 valence electrons. The van der Waals surface area contributed by atoms with Crippen LogP contribution < -0.4 is 5.32 Å². The third-order valence-electron chi connectivity index (χ3n) is 3.43. The van der Waals surface area contributed by atoms with Gasteiger partial charge in [-0.3, -0.25) is 4.79 Å². The molecule has 0 aliphatic heterocycles. The highest BCUT2D eigenvalue weighted by Crippen LogP contribution is 2.10. The van der Waals surface area contributed by atoms with Gasteiger partial charge in [-0.25, -0.2) is 9.78 Å². The summed E-state index contributed by atoms with van der Waals surface area (Å²) < 4.78 is 0. The molecule has 1 aromatic heterocycles. The van der Waals surface area contributed by atoms with Crippen molar-refractivity contribution in [3.63, 3.8) is 0 Å². The molecule has 0 aliphatic rings. The van der Waals surface area contributed by atoms with Crippen LogP contribution in [0.2, 0.25) is 0 Å². The number of hydrogen-bond acceptors (Lipinski definition) is 3. The van der Waals surface area contributed by atoms with Crippen LogP contribution in [0.5, 0.6) is 0 Å². The number of carboxylic acids is 1. The molecule has 1 heterocycles. The fourth-order valence-corrected chi connectivity index (χ4v) is 2.32. The van der Waals surface area contributed by atoms with Crippen LogP contribution in [0.25, 0.3) is 11.0 Å². The van der Waals surface area contributed by atoms with E-state index in [1.54, 1.807) is 18.2 Å². The van der Waals surface area contributed by atoms with Crippen LogP contribution in [0.4, 0.5) is 0 Å². The molecule has 3 rings (SSSR count). The van der Waals surface area contributed by atoms with Crippen LogP contribution in [-0.4, -0.2) is 27.0 Å². The zero-order valence-corrected chi connectivity index (χ0v) is 12.2. The van der Waals surface area contributed by atoms with E-state index in [0.29, 0.717) is 5.82 Å². The van der Waals surface area contributed by atoms with Crippen LogP contribution in [0.15, 0.2) is 48.5 Å². The van der Waals surface area contributed by atoms with Crippen molar-refractivity contribution in [2.75, 3.05) is 0 Å². The number of fused-ring (bicyclic) bond motifs is 1. The molecule has 3 N–H and O–H groups in total. The largest absolute Gasteiger partial charge is 0.478 e. The van der Waals surface area contributed by atoms with Crippen LogP contribution >= 0.6 is 0 Å². The lowest BCUT2D eigenvalue weighted by Gasteiger charge is -2.05. The summed E-state index contributed by atoms with van der Waals surface area (Å²) in [6.45, 7) is 0.278. The Hall–Kier alpha value is -3.15. The van der Waals surface area contributed by atoms with Gasteiger partial charge in [0.2, 0.25) is 5.91 Å². The number of carbonyl (C=O) groups excluding carboxylic acids is 1. The van der Waals surface area contributed by atoms with Crippen molar-refractivity contribution in [2.24, 2.45) is 0 Å². The van der Waals surface area contributed by atoms with Gasteiger partial charge >= 0.3 is 5.97 Å². The Morgan fingerprint density at radius 1 is 1.13 bits per heavy atom. The molecule has 0 unspecified atom stereocenters. The number of aromatic amines is 1. The number of aromatic nitrogens is 2. The first-order valence-corrected chi connectivity index (χ1v) is 7.14. The summed E-state index contributed by atoms with van der Waals surface area (Å²) in [6, 6.07) is 14.1. The number of hydrogen-bond donors (Lipinski definition) is 3. The Kier molecular flexibility index (Phi) is 4.05. The molecule has 0 saturated heterocycles. The first kappa shape index (κ1) is 14.8. The van der Waals surface area contributed by atoms with E-state index < -0.39 is 5.97 Å². The quantitative estimate of drug-likeness (QED) is 0.673. The minimum atomic E-state index is -0.986. The molecule has 2 aromatic carbocycles. The van der Waals surface area contributed by atoms with Crippen molar-refractivity contribution in [2.45, 2.75) is 13.0 Å². The van der Waals surface area contributed by atoms with Crippen molar-refractivity contribution >= 4 is 22.9 Å². The lowest BCUT2D eigenvalue weighted by atomic mass is 10.1. The second-order valence-electron chi connectivity index (χ2n) is 5.16. The maximum Gasteiger partial charge on any atom is 0.335 e. The van der Waals surface area contributed by atoms with Gasteiger partial charge in [0.15, 0.2) is 0 Å². The minimum absolute atomic E-state index is 0.146. The van der Waals surface area contributed by atoms with E-state index in [-0.39, 0.29) is 24.4 Å². The number of H-pyrrole nitrogens is 1. The lowest BCUT2D eigenvalue weighted by molar-refractivity contribution is -0.120. The van der Waals surface area contributed by atoms with Gasteiger partial charge in [0.05, 0.1) is 23.0 Å². The molecule has 6 heteroatoms. The molecule has 0 atom stereocenters. The molecule has 0 spiro atoms. The number of imidazole rings is 1. The third kappa shape index (κ3) is 3.55. The second-order valence-corrected chi connectivity index (χ2v) is 5.16. The van der Waals surface area contributed by atoms with Gasteiger partial charge in [-0.05, 0) is 29.8 Å². The summed E-state index contributed by atoms with van der Waals surface area (Å²) in [4.78, 5) is 30.4. The van der Waals surface area contributed by atoms with Crippen molar-refractivity contribution < 1.29 is 14.7 Å². The van der Waals surface area contributed by atoms with Gasteiger partial charge in [-0.15, -0.1) is 0 Å². The van der Waals surface area contributed by atoms with Gasteiger partial charge in [0.1, 0.15) is 5.82 Å². The Bertz CT molecular complexity index is 837. The smallest absolute Gasteiger partial charge is 0.335 e. The Morgan fingerprint density at radius 3 is 2.74 bits per heavy atom. The summed E-state index contributed by atoms with van der Waals surface area (Å²) in [5.74, 6) is -0.562. The number of amides is 1. The topological polar surface area (TPSA) is 95.1 Å². The molecule has 0 fully saturated rings. The molecular formula is C17H15N3O3. The predicted molar refractivity (Wildman–Crippen MR) is 85.0 cm³/mol. The zero-order valence-electron chi connectivity index (χ0n) is 12.2. The monoisotopic (exact) mass is 309 g/mol. The highest BCUT2D eigenvalue weighted by molar-refractivity contribution is 5.87. The molecule has 6 nitrogen and oxygen atoms in total. The lowest BCUT2D eigenvalue weighted by Crippen LogP contribution is -2.25. The average molecular weight is 309 g/mol. The second kappa shape index (κ2) is 6.31. The summed E-state index contributed by atoms with van der Waals surface area (Å²) in [7, 11) is 0. The van der Waals surface area contributed by atoms with Crippen LogP contribution in [0.3, 0.4) is 0 Å². The van der Waals surface area contributed by atoms with Gasteiger partial charge < -0.3 is 15.4 Å². The average Bonchev–Trinajstić information content (AvgIpc) is 2.95. The highest BCUT2D eigenvalue weighted by Gasteiger charge is 2.09. The van der Waals surface area contributed by atoms with E-state index in [0.717, 1.165) is 16.6 Å². The molecule has 3 aromatic rings. The number of benzene rings is 2. The fourth-order valence-electron chi connectivity index (χ4n) is 2.32. The molecule has 0 aliphatic carbocycles. The van der Waals surface area contributed by atoms with Crippen LogP contribution in [0, 0.1) is 0 Å². The Labute approximate surface area is 132 Å². The molecule has 1 amide bonds. The third-order valence-corrected chi connectivity index (χ3v) is 3.43. The predicted octanol–water partition coefficient (Wildman–Crippen LogP) is 2.12. The van der Waals surface area contributed by atoms with Crippen molar-refractivity contribution in [1.82, 2.24) is 15.3 Å². The van der Waals surface area contributed by atoms with E-state index in [2.05, 4.69) is 15.3 Å². The summed E-state index contributed by atoms with van der Waals surface area (Å²) in [5.41, 5.74) is 2.66. The summed E-state index contributed by atoms with van der Waals surface area (Å²) in [5, 5.41) is 11.7. The maximum absolute atomic E-state index is 12.0. The molecule has 0 saturated carbocycles. The Balaban J connectivity index is 1.61. The van der Waals surface area contributed by atoms with Crippen LogP contribution in [-0.2, 0) is 17.8 Å². The molecule has 23 heavy (non-hydrogen) atoms. The first-order chi connectivity index (χ1) is 11.1. The van der Waals surface area contributed by atoms with Gasteiger partial charge in [-0.2, -0.15) is 0 Å². The molecular weight excluding hydrogens is 294 g/mol. The molecule has 0 radical (unpaired) electrons. The van der Waals surface area contributed by atoms with Crippen LogP contribution in [0.1, 0.15) is 21.7 Å². The Morgan fingerprint density at radius 2 is 1.96 bits per heavy atom. The van der Waals surface area contributed by atoms with Crippen molar-refractivity contribution in [1.29, 1.82) is 0 Å². The fraction of sp³-hybridized carbons (Fsp3) is 0.118. The number of para-hydroxylation sites is 2. The van der Waals surface area contributed by atoms with E-state index in [4.69, 9.17) is 5.11 Å². The standard InChI is InChI=1S/C17H15N3O3/c21-16(9-15-19-13-6-1-2-7-14(13)20-15)18-10-11-4-3-5-12(8-11)17(22)23/h1-8H,9-10H2,(H,18,21)(H,19,20)(H,22,23). The summed E-state index contributed by atoms with van der Waals surface area (Å²) in [6.07, 6.45) is 0.146. The number of carboxylic acid groups (broad SMARTS) is 1. The maximum atomic E-state index is 12.0. The number of nitrogens with zero attached hydrogens (tertiary/aromatic N) is 1. The van der Waals surface area contributed by atoms with Gasteiger partial charge in [0, 0.05) is 6.54 Å². The summed E-state index contributed by atoms with van der Waals surface area (Å²) >= 11 is 0. The number of aromatic carboxylic acids is 1. The number of nitrogens with one attached hydrogen (secondary N) is 2. The normalized spacial score (nSPS) is 10.6. The number of rotatable bonds is 5. The van der Waals surface area contributed by atoms with Crippen molar-refractivity contribution in [3.05, 3.63) is 65.5 Å².